The summed E-state index contributed by atoms with van der Waals surface area (Å²) in [4.78, 5) is 26.7. The third-order valence-electron chi connectivity index (χ3n) is 6.04. The summed E-state index contributed by atoms with van der Waals surface area (Å²) in [6.07, 6.45) is 4.41. The van der Waals surface area contributed by atoms with Gasteiger partial charge in [0.2, 0.25) is 0 Å². The number of carbonyl (C=O) groups excluding carboxylic acids is 2. The summed E-state index contributed by atoms with van der Waals surface area (Å²) in [5, 5.41) is 0. The van der Waals surface area contributed by atoms with Gasteiger partial charge < -0.3 is 0 Å². The Morgan fingerprint density at radius 2 is 1.22 bits per heavy atom. The van der Waals surface area contributed by atoms with Crippen molar-refractivity contribution in [2.24, 2.45) is 0 Å². The molecule has 0 N–H and O–H groups in total. The average molecular weight is 415 g/mol. The Morgan fingerprint density at radius 1 is 0.594 bits per heavy atom. The van der Waals surface area contributed by atoms with Crippen molar-refractivity contribution in [1.82, 2.24) is 0 Å². The van der Waals surface area contributed by atoms with Crippen molar-refractivity contribution in [3.63, 3.8) is 0 Å². The molecule has 0 saturated heterocycles. The molecule has 0 bridgehead atoms. The summed E-state index contributed by atoms with van der Waals surface area (Å²) in [5.74, 6) is -0.292. The molecule has 1 aliphatic carbocycles. The minimum absolute atomic E-state index is 0.0644. The molecule has 0 fully saturated rings. The van der Waals surface area contributed by atoms with Crippen molar-refractivity contribution in [1.29, 1.82) is 0 Å². The van der Waals surface area contributed by atoms with E-state index >= 15 is 0 Å². The summed E-state index contributed by atoms with van der Waals surface area (Å²) in [6.45, 7) is 0. The number of ketones is 2. The van der Waals surface area contributed by atoms with E-state index < -0.39 is 5.92 Å². The van der Waals surface area contributed by atoms with Crippen molar-refractivity contribution in [2.75, 3.05) is 0 Å². The molecular formula is C30H22O2. The molecule has 0 amide bonds. The number of hydrogen-bond acceptors (Lipinski definition) is 2. The largest absolute Gasteiger partial charge is 0.294 e. The molecule has 4 aromatic rings. The number of Topliss-reactive ketones (excluding diaryl/α,β-unsaturated/α-hetero) is 2. The molecule has 32 heavy (non-hydrogen) atoms. The Bertz CT molecular complexity index is 1320. The molecule has 0 aliphatic heterocycles. The zero-order chi connectivity index (χ0) is 21.9. The summed E-state index contributed by atoms with van der Waals surface area (Å²) >= 11 is 0. The van der Waals surface area contributed by atoms with Crippen LogP contribution >= 0.6 is 0 Å². The van der Waals surface area contributed by atoms with Gasteiger partial charge in [-0.3, -0.25) is 9.59 Å². The van der Waals surface area contributed by atoms with Crippen molar-refractivity contribution >= 4 is 23.7 Å². The standard InChI is InChI=1S/C30H22O2/c31-28(22-11-3-1-4-12-22)20-24-15-9-17-27-25(24)19-18-21-10-7-8-16-26(21)29(27)30(32)23-13-5-2-6-14-23/h1-19,29H,20H2. The fourth-order valence-corrected chi connectivity index (χ4v) is 4.46. The molecule has 4 aromatic carbocycles. The van der Waals surface area contributed by atoms with E-state index in [-0.39, 0.29) is 11.6 Å². The number of fused-ring (bicyclic) bond motifs is 2. The predicted molar refractivity (Wildman–Crippen MR) is 129 cm³/mol. The van der Waals surface area contributed by atoms with Crippen molar-refractivity contribution in [3.8, 4) is 0 Å². The lowest BCUT2D eigenvalue weighted by Crippen LogP contribution is -2.17. The number of carbonyl (C=O) groups is 2. The molecule has 0 heterocycles. The Kier molecular flexibility index (Phi) is 5.35. The number of rotatable bonds is 5. The lowest BCUT2D eigenvalue weighted by atomic mass is 9.81. The van der Waals surface area contributed by atoms with Crippen LogP contribution in [0.5, 0.6) is 0 Å². The summed E-state index contributed by atoms with van der Waals surface area (Å²) < 4.78 is 0. The Balaban J connectivity index is 1.63. The SMILES string of the molecule is O=C(Cc1cccc2c1C=Cc1ccccc1C2C(=O)c1ccccc1)c1ccccc1. The first-order valence-corrected chi connectivity index (χ1v) is 10.8. The van der Waals surface area contributed by atoms with Crippen molar-refractivity contribution in [3.05, 3.63) is 142 Å². The second-order valence-corrected chi connectivity index (χ2v) is 8.01. The molecule has 0 saturated carbocycles. The van der Waals surface area contributed by atoms with Gasteiger partial charge in [-0.25, -0.2) is 0 Å². The monoisotopic (exact) mass is 414 g/mol. The maximum atomic E-state index is 13.7. The Labute approximate surface area is 187 Å². The van der Waals surface area contributed by atoms with Crippen LogP contribution in [-0.4, -0.2) is 11.6 Å². The summed E-state index contributed by atoms with van der Waals surface area (Å²) in [6, 6.07) is 32.8. The van der Waals surface area contributed by atoms with Crippen molar-refractivity contribution in [2.45, 2.75) is 12.3 Å². The van der Waals surface area contributed by atoms with E-state index in [0.29, 0.717) is 17.5 Å². The van der Waals surface area contributed by atoms with E-state index in [9.17, 15) is 9.59 Å². The lowest BCUT2D eigenvalue weighted by molar-refractivity contribution is 0.0972. The van der Waals surface area contributed by atoms with E-state index in [2.05, 4.69) is 12.2 Å². The second kappa shape index (κ2) is 8.60. The Morgan fingerprint density at radius 3 is 1.97 bits per heavy atom. The highest BCUT2D eigenvalue weighted by atomic mass is 16.1. The molecule has 1 unspecified atom stereocenters. The smallest absolute Gasteiger partial charge is 0.174 e. The van der Waals surface area contributed by atoms with Crippen LogP contribution in [0.1, 0.15) is 54.5 Å². The van der Waals surface area contributed by atoms with Gasteiger partial charge in [0.15, 0.2) is 11.6 Å². The zero-order valence-corrected chi connectivity index (χ0v) is 17.6. The van der Waals surface area contributed by atoms with Crippen LogP contribution < -0.4 is 0 Å². The van der Waals surface area contributed by atoms with Gasteiger partial charge in [0, 0.05) is 17.5 Å². The first kappa shape index (κ1) is 19.9. The van der Waals surface area contributed by atoms with Gasteiger partial charge in [-0.15, -0.1) is 0 Å². The molecule has 2 heteroatoms. The number of benzene rings is 4. The van der Waals surface area contributed by atoms with Crippen molar-refractivity contribution < 1.29 is 9.59 Å². The van der Waals surface area contributed by atoms with Gasteiger partial charge >= 0.3 is 0 Å². The minimum atomic E-state index is -0.426. The fourth-order valence-electron chi connectivity index (χ4n) is 4.46. The first-order chi connectivity index (χ1) is 15.7. The van der Waals surface area contributed by atoms with Crippen LogP contribution in [0, 0.1) is 0 Å². The van der Waals surface area contributed by atoms with Gasteiger partial charge in [0.25, 0.3) is 0 Å². The van der Waals surface area contributed by atoms with Gasteiger partial charge in [-0.05, 0) is 27.8 Å². The minimum Gasteiger partial charge on any atom is -0.294 e. The first-order valence-electron chi connectivity index (χ1n) is 10.8. The number of hydrogen-bond donors (Lipinski definition) is 0. The third-order valence-corrected chi connectivity index (χ3v) is 6.04. The third kappa shape index (κ3) is 3.72. The highest BCUT2D eigenvalue weighted by Gasteiger charge is 2.29. The maximum Gasteiger partial charge on any atom is 0.174 e. The van der Waals surface area contributed by atoms with E-state index in [4.69, 9.17) is 0 Å². The topological polar surface area (TPSA) is 34.1 Å². The highest BCUT2D eigenvalue weighted by molar-refractivity contribution is 6.05. The normalized spacial score (nSPS) is 14.2. The summed E-state index contributed by atoms with van der Waals surface area (Å²) in [5.41, 5.74) is 6.24. The lowest BCUT2D eigenvalue weighted by Gasteiger charge is -2.21. The molecule has 1 aliphatic rings. The van der Waals surface area contributed by atoms with E-state index in [1.807, 2.05) is 103 Å². The van der Waals surface area contributed by atoms with Crippen LogP contribution in [0.2, 0.25) is 0 Å². The molecule has 1 atom stereocenters. The van der Waals surface area contributed by atoms with E-state index in [0.717, 1.165) is 27.8 Å². The summed E-state index contributed by atoms with van der Waals surface area (Å²) in [7, 11) is 0. The zero-order valence-electron chi connectivity index (χ0n) is 17.6. The second-order valence-electron chi connectivity index (χ2n) is 8.01. The van der Waals surface area contributed by atoms with Gasteiger partial charge in [0.05, 0.1) is 5.92 Å². The van der Waals surface area contributed by atoms with Crippen LogP contribution in [-0.2, 0) is 6.42 Å². The molecule has 2 nitrogen and oxygen atoms in total. The average Bonchev–Trinajstić information content (AvgIpc) is 3.02. The van der Waals surface area contributed by atoms with Crippen LogP contribution in [0.4, 0.5) is 0 Å². The van der Waals surface area contributed by atoms with Crippen LogP contribution in [0.15, 0.2) is 103 Å². The van der Waals surface area contributed by atoms with E-state index in [1.54, 1.807) is 0 Å². The molecule has 5 rings (SSSR count). The van der Waals surface area contributed by atoms with E-state index in [1.165, 1.54) is 0 Å². The predicted octanol–water partition coefficient (Wildman–Crippen LogP) is 6.61. The fraction of sp³-hybridized carbons (Fsp3) is 0.0667. The molecular weight excluding hydrogens is 392 g/mol. The van der Waals surface area contributed by atoms with Gasteiger partial charge in [-0.1, -0.05) is 115 Å². The Hall–Kier alpha value is -4.04. The van der Waals surface area contributed by atoms with Gasteiger partial charge in [-0.2, -0.15) is 0 Å². The van der Waals surface area contributed by atoms with Gasteiger partial charge in [0.1, 0.15) is 0 Å². The molecule has 154 valence electrons. The quantitative estimate of drug-likeness (QED) is 0.344. The molecule has 0 radical (unpaired) electrons. The highest BCUT2D eigenvalue weighted by Crippen LogP contribution is 2.38. The molecule has 0 spiro atoms. The van der Waals surface area contributed by atoms with Crippen LogP contribution in [0.3, 0.4) is 0 Å². The maximum absolute atomic E-state index is 13.7. The molecule has 0 aromatic heterocycles. The van der Waals surface area contributed by atoms with Crippen LogP contribution in [0.25, 0.3) is 12.2 Å².